The molecule has 1 atom stereocenters. The lowest BCUT2D eigenvalue weighted by molar-refractivity contribution is 0.0920. The van der Waals surface area contributed by atoms with Crippen LogP contribution in [0.15, 0.2) is 46.7 Å². The second-order valence-corrected chi connectivity index (χ2v) is 8.83. The Labute approximate surface area is 147 Å². The second-order valence-electron chi connectivity index (χ2n) is 5.84. The van der Waals surface area contributed by atoms with E-state index < -0.39 is 9.84 Å². The van der Waals surface area contributed by atoms with Crippen LogP contribution in [0.25, 0.3) is 0 Å². The van der Waals surface area contributed by atoms with E-state index in [1.807, 2.05) is 17.5 Å². The summed E-state index contributed by atoms with van der Waals surface area (Å²) in [7, 11) is -3.26. The molecule has 0 aliphatic heterocycles. The fourth-order valence-electron chi connectivity index (χ4n) is 2.73. The number of carbonyl (C=O) groups is 1. The quantitative estimate of drug-likeness (QED) is 0.805. The maximum Gasteiger partial charge on any atom is 0.251 e. The minimum Gasteiger partial charge on any atom is -0.344 e. The van der Waals surface area contributed by atoms with Crippen LogP contribution in [0, 0.1) is 5.92 Å². The molecule has 1 unspecified atom stereocenters. The average Bonchev–Trinajstić information content (AvgIpc) is 3.08. The first-order chi connectivity index (χ1) is 11.4. The first-order valence-corrected chi connectivity index (χ1v) is 10.8. The van der Waals surface area contributed by atoms with Crippen molar-refractivity contribution in [2.45, 2.75) is 37.6 Å². The van der Waals surface area contributed by atoms with E-state index in [2.05, 4.69) is 19.2 Å². The number of sulfone groups is 1. The van der Waals surface area contributed by atoms with E-state index >= 15 is 0 Å². The van der Waals surface area contributed by atoms with Crippen LogP contribution in [0.2, 0.25) is 0 Å². The van der Waals surface area contributed by atoms with Gasteiger partial charge in [-0.05, 0) is 41.6 Å². The molecule has 1 amide bonds. The number of benzene rings is 1. The molecule has 130 valence electrons. The van der Waals surface area contributed by atoms with Gasteiger partial charge in [0.15, 0.2) is 9.84 Å². The van der Waals surface area contributed by atoms with Crippen LogP contribution in [0.3, 0.4) is 0 Å². The third-order valence-electron chi connectivity index (χ3n) is 4.20. The van der Waals surface area contributed by atoms with E-state index in [0.717, 1.165) is 24.0 Å². The van der Waals surface area contributed by atoms with Crippen LogP contribution in [0.5, 0.6) is 0 Å². The Morgan fingerprint density at radius 1 is 1.12 bits per heavy atom. The molecule has 0 aliphatic rings. The summed E-state index contributed by atoms with van der Waals surface area (Å²) in [6.07, 6.45) is 3.11. The molecule has 0 aliphatic carbocycles. The van der Waals surface area contributed by atoms with Gasteiger partial charge in [0, 0.05) is 16.7 Å². The molecular weight excluding hydrogens is 342 g/mol. The summed E-state index contributed by atoms with van der Waals surface area (Å²) in [4.78, 5) is 14.0. The number of rotatable bonds is 7. The van der Waals surface area contributed by atoms with Crippen molar-refractivity contribution in [3.05, 3.63) is 52.2 Å². The highest BCUT2D eigenvalue weighted by Gasteiger charge is 2.24. The summed E-state index contributed by atoms with van der Waals surface area (Å²) >= 11 is 1.64. The molecule has 2 aromatic rings. The van der Waals surface area contributed by atoms with Gasteiger partial charge < -0.3 is 5.32 Å². The molecule has 4 nitrogen and oxygen atoms in total. The molecule has 0 fully saturated rings. The Kier molecular flexibility index (Phi) is 6.18. The predicted octanol–water partition coefficient (Wildman–Crippen LogP) is 4.06. The number of hydrogen-bond donors (Lipinski definition) is 1. The Morgan fingerprint density at radius 2 is 1.75 bits per heavy atom. The largest absolute Gasteiger partial charge is 0.344 e. The summed E-state index contributed by atoms with van der Waals surface area (Å²) in [5.41, 5.74) is 0.468. The van der Waals surface area contributed by atoms with Crippen molar-refractivity contribution in [3.63, 3.8) is 0 Å². The molecule has 1 heterocycles. The summed E-state index contributed by atoms with van der Waals surface area (Å²) in [6.45, 7) is 4.25. The Balaban J connectivity index is 2.21. The normalized spacial score (nSPS) is 13.0. The molecule has 24 heavy (non-hydrogen) atoms. The maximum atomic E-state index is 12.6. The predicted molar refractivity (Wildman–Crippen MR) is 98.2 cm³/mol. The molecule has 1 aromatic heterocycles. The van der Waals surface area contributed by atoms with Crippen LogP contribution in [-0.2, 0) is 9.84 Å². The van der Waals surface area contributed by atoms with Crippen molar-refractivity contribution in [1.29, 1.82) is 0 Å². The lowest BCUT2D eigenvalue weighted by Gasteiger charge is -2.25. The van der Waals surface area contributed by atoms with E-state index in [9.17, 15) is 13.2 Å². The van der Waals surface area contributed by atoms with Gasteiger partial charge >= 0.3 is 0 Å². The van der Waals surface area contributed by atoms with Gasteiger partial charge in [-0.3, -0.25) is 4.79 Å². The van der Waals surface area contributed by atoms with Crippen molar-refractivity contribution in [2.75, 3.05) is 6.26 Å². The van der Waals surface area contributed by atoms with Gasteiger partial charge in [-0.2, -0.15) is 0 Å². The van der Waals surface area contributed by atoms with Crippen molar-refractivity contribution < 1.29 is 13.2 Å². The van der Waals surface area contributed by atoms with Crippen LogP contribution in [0.1, 0.15) is 48.0 Å². The number of thiophene rings is 1. The third-order valence-corrected chi connectivity index (χ3v) is 6.28. The highest BCUT2D eigenvalue weighted by molar-refractivity contribution is 7.90. The fraction of sp³-hybridized carbons (Fsp3) is 0.389. The van der Waals surface area contributed by atoms with Gasteiger partial charge in [-0.25, -0.2) is 8.42 Å². The lowest BCUT2D eigenvalue weighted by atomic mass is 9.92. The SMILES string of the molecule is CCC(CC)C(NC(=O)c1ccc(S(C)(=O)=O)cc1)c1cccs1. The Hall–Kier alpha value is -1.66. The van der Waals surface area contributed by atoms with Gasteiger partial charge in [-0.1, -0.05) is 32.8 Å². The van der Waals surface area contributed by atoms with Gasteiger partial charge in [0.25, 0.3) is 5.91 Å². The Morgan fingerprint density at radius 3 is 2.21 bits per heavy atom. The maximum absolute atomic E-state index is 12.6. The zero-order valence-electron chi connectivity index (χ0n) is 14.2. The lowest BCUT2D eigenvalue weighted by Crippen LogP contribution is -2.32. The monoisotopic (exact) mass is 365 g/mol. The molecule has 0 spiro atoms. The molecule has 0 saturated heterocycles. The first kappa shape index (κ1) is 18.7. The molecular formula is C18H23NO3S2. The van der Waals surface area contributed by atoms with Crippen LogP contribution in [-0.4, -0.2) is 20.6 Å². The van der Waals surface area contributed by atoms with Crippen LogP contribution < -0.4 is 5.32 Å². The molecule has 0 radical (unpaired) electrons. The van der Waals surface area contributed by atoms with Gasteiger partial charge in [0.05, 0.1) is 10.9 Å². The van der Waals surface area contributed by atoms with E-state index in [4.69, 9.17) is 0 Å². The van der Waals surface area contributed by atoms with Crippen molar-refractivity contribution in [2.24, 2.45) is 5.92 Å². The summed E-state index contributed by atoms with van der Waals surface area (Å²) in [5, 5.41) is 5.13. The Bertz CT molecular complexity index is 761. The minimum atomic E-state index is -3.26. The molecule has 0 bridgehead atoms. The summed E-state index contributed by atoms with van der Waals surface area (Å²) < 4.78 is 23.0. The zero-order valence-corrected chi connectivity index (χ0v) is 15.8. The standard InChI is InChI=1S/C18H23NO3S2/c1-4-13(5-2)17(16-7-6-12-23-16)19-18(20)14-8-10-15(11-9-14)24(3,21)22/h6-13,17H,4-5H2,1-3H3,(H,19,20). The molecule has 1 N–H and O–H groups in total. The van der Waals surface area contributed by atoms with E-state index in [1.54, 1.807) is 23.5 Å². The van der Waals surface area contributed by atoms with Crippen molar-refractivity contribution in [1.82, 2.24) is 5.32 Å². The van der Waals surface area contributed by atoms with Crippen LogP contribution >= 0.6 is 11.3 Å². The number of amides is 1. The zero-order chi connectivity index (χ0) is 17.7. The molecule has 2 rings (SSSR count). The number of hydrogen-bond acceptors (Lipinski definition) is 4. The van der Waals surface area contributed by atoms with Gasteiger partial charge in [-0.15, -0.1) is 11.3 Å². The van der Waals surface area contributed by atoms with E-state index in [0.29, 0.717) is 11.5 Å². The minimum absolute atomic E-state index is 0.0258. The van der Waals surface area contributed by atoms with Crippen molar-refractivity contribution >= 4 is 27.1 Å². The highest BCUT2D eigenvalue weighted by Crippen LogP contribution is 2.30. The average molecular weight is 366 g/mol. The van der Waals surface area contributed by atoms with Crippen LogP contribution in [0.4, 0.5) is 0 Å². The smallest absolute Gasteiger partial charge is 0.251 e. The fourth-order valence-corrected chi connectivity index (χ4v) is 4.23. The summed E-state index contributed by atoms with van der Waals surface area (Å²) in [6, 6.07) is 10.1. The third kappa shape index (κ3) is 4.45. The van der Waals surface area contributed by atoms with Gasteiger partial charge in [0.2, 0.25) is 0 Å². The van der Waals surface area contributed by atoms with Crippen molar-refractivity contribution in [3.8, 4) is 0 Å². The second kappa shape index (κ2) is 7.94. The number of nitrogens with one attached hydrogen (secondary N) is 1. The highest BCUT2D eigenvalue weighted by atomic mass is 32.2. The first-order valence-electron chi connectivity index (χ1n) is 8.01. The number of carbonyl (C=O) groups excluding carboxylic acids is 1. The van der Waals surface area contributed by atoms with E-state index in [1.165, 1.54) is 12.1 Å². The molecule has 6 heteroatoms. The molecule has 1 aromatic carbocycles. The van der Waals surface area contributed by atoms with Gasteiger partial charge in [0.1, 0.15) is 0 Å². The van der Waals surface area contributed by atoms with E-state index in [-0.39, 0.29) is 16.8 Å². The summed E-state index contributed by atoms with van der Waals surface area (Å²) in [5.74, 6) is 0.184. The molecule has 0 saturated carbocycles. The topological polar surface area (TPSA) is 63.2 Å².